The van der Waals surface area contributed by atoms with E-state index >= 15 is 0 Å². The molecule has 174 valence electrons. The zero-order valence-corrected chi connectivity index (χ0v) is 21.6. The minimum Gasteiger partial charge on any atom is -0.471 e. The number of hydrogen-bond acceptors (Lipinski definition) is 0. The lowest BCUT2D eigenvalue weighted by atomic mass is 9.95. The molecule has 1 rings (SSSR count). The maximum atomic E-state index is 2.47. The predicted molar refractivity (Wildman–Crippen MR) is 138 cm³/mol. The molecule has 0 aliphatic carbocycles. The molecule has 0 unspecified atom stereocenters. The van der Waals surface area contributed by atoms with Gasteiger partial charge in [0, 0.05) is 40.3 Å². The van der Waals surface area contributed by atoms with E-state index in [4.69, 9.17) is 0 Å². The van der Waals surface area contributed by atoms with Gasteiger partial charge in [0.2, 0.25) is 0 Å². The van der Waals surface area contributed by atoms with Crippen LogP contribution in [0.15, 0.2) is 30.3 Å². The van der Waals surface area contributed by atoms with Crippen LogP contribution in [0.1, 0.15) is 102 Å². The van der Waals surface area contributed by atoms with Crippen molar-refractivity contribution >= 4 is 7.55 Å². The molecule has 0 N–H and O–H groups in total. The van der Waals surface area contributed by atoms with Gasteiger partial charge in [0.05, 0.1) is 6.54 Å². The average molecular weight is 418 g/mol. The Balaban J connectivity index is 2.01. The second-order valence-electron chi connectivity index (χ2n) is 11.7. The molecule has 0 aliphatic rings. The van der Waals surface area contributed by atoms with E-state index in [1.807, 2.05) is 0 Å². The van der Waals surface area contributed by atoms with Gasteiger partial charge in [-0.2, -0.15) is 0 Å². The first-order valence-electron chi connectivity index (χ1n) is 13.3. The number of quaternary nitrogens is 2. The first kappa shape index (κ1) is 27.2. The lowest BCUT2D eigenvalue weighted by Gasteiger charge is -2.47. The summed E-state index contributed by atoms with van der Waals surface area (Å²) in [6, 6.07) is 11.0. The van der Waals surface area contributed by atoms with E-state index in [1.165, 1.54) is 117 Å². The van der Waals surface area contributed by atoms with Crippen LogP contribution in [0.5, 0.6) is 0 Å². The van der Waals surface area contributed by atoms with Crippen molar-refractivity contribution in [1.82, 2.24) is 0 Å². The minimum atomic E-state index is -0.120. The number of benzene rings is 1. The summed E-state index contributed by atoms with van der Waals surface area (Å²) in [5.74, 6) is 0. The second kappa shape index (κ2) is 15.9. The summed E-state index contributed by atoms with van der Waals surface area (Å²) in [6.45, 7) is 4.82. The Morgan fingerprint density at radius 1 is 0.567 bits per heavy atom. The van der Waals surface area contributed by atoms with Gasteiger partial charge >= 0.3 is 7.55 Å². The van der Waals surface area contributed by atoms with Gasteiger partial charge in [-0.25, -0.2) is 0 Å². The molecule has 0 aliphatic heterocycles. The third-order valence-corrected chi connectivity index (χ3v) is 6.77. The van der Waals surface area contributed by atoms with Crippen LogP contribution in [-0.4, -0.2) is 51.1 Å². The Kier molecular flexibility index (Phi) is 14.5. The Morgan fingerprint density at radius 2 is 1.00 bits per heavy atom. The van der Waals surface area contributed by atoms with Crippen molar-refractivity contribution < 1.29 is 8.79 Å². The summed E-state index contributed by atoms with van der Waals surface area (Å²) in [5.41, 5.74) is 1.47. The van der Waals surface area contributed by atoms with Crippen molar-refractivity contribution in [3.63, 3.8) is 0 Å². The molecule has 2 nitrogen and oxygen atoms in total. The van der Waals surface area contributed by atoms with Crippen LogP contribution in [0.2, 0.25) is 0 Å². The minimum absolute atomic E-state index is 0.120. The molecular weight excluding hydrogens is 363 g/mol. The van der Waals surface area contributed by atoms with Crippen molar-refractivity contribution in [2.24, 2.45) is 0 Å². The van der Waals surface area contributed by atoms with Crippen molar-refractivity contribution in [3.8, 4) is 0 Å². The van der Waals surface area contributed by atoms with E-state index in [0.717, 1.165) is 0 Å². The number of unbranched alkanes of at least 4 members (excludes halogenated alkanes) is 13. The maximum absolute atomic E-state index is 2.47. The largest absolute Gasteiger partial charge is 0.471 e. The lowest BCUT2D eigenvalue weighted by molar-refractivity contribution is -0.897. The van der Waals surface area contributed by atoms with Crippen LogP contribution in [0, 0.1) is 0 Å². The molecule has 30 heavy (non-hydrogen) atoms. The zero-order chi connectivity index (χ0) is 22.1. The summed E-state index contributed by atoms with van der Waals surface area (Å²) < 4.78 is 2.42. The predicted octanol–water partition coefficient (Wildman–Crippen LogP) is 6.82. The Bertz CT molecular complexity index is 513. The second-order valence-corrected chi connectivity index (χ2v) is 11.7. The van der Waals surface area contributed by atoms with Crippen LogP contribution in [0.3, 0.4) is 0 Å². The van der Waals surface area contributed by atoms with E-state index in [1.54, 1.807) is 0 Å². The summed E-state index contributed by atoms with van der Waals surface area (Å²) in [5, 5.41) is 0. The van der Waals surface area contributed by atoms with Crippen LogP contribution < -0.4 is 0 Å². The summed E-state index contributed by atoms with van der Waals surface area (Å²) in [4.78, 5) is 0. The SMILES string of the molecule is CCCCCCCCCCCCCCCC[N+](C)(C)[BH2-][N+](C)(C)Cc1ccccc1. The zero-order valence-electron chi connectivity index (χ0n) is 21.6. The van der Waals surface area contributed by atoms with Crippen molar-refractivity contribution in [2.75, 3.05) is 34.7 Å². The van der Waals surface area contributed by atoms with Crippen LogP contribution in [0.25, 0.3) is 0 Å². The molecule has 0 amide bonds. The smallest absolute Gasteiger partial charge is 0.386 e. The molecule has 1 aromatic carbocycles. The van der Waals surface area contributed by atoms with Crippen LogP contribution >= 0.6 is 0 Å². The molecule has 1 aromatic rings. The van der Waals surface area contributed by atoms with E-state index in [0.29, 0.717) is 0 Å². The van der Waals surface area contributed by atoms with Gasteiger partial charge in [0.1, 0.15) is 0 Å². The van der Waals surface area contributed by atoms with E-state index in [-0.39, 0.29) is 7.55 Å². The molecule has 0 saturated heterocycles. The molecule has 0 heterocycles. The van der Waals surface area contributed by atoms with Gasteiger partial charge in [0.25, 0.3) is 0 Å². The highest BCUT2D eigenvalue weighted by Crippen LogP contribution is 2.15. The quantitative estimate of drug-likeness (QED) is 0.171. The monoisotopic (exact) mass is 417 g/mol. The lowest BCUT2D eigenvalue weighted by Crippen LogP contribution is -2.58. The third kappa shape index (κ3) is 15.1. The average Bonchev–Trinajstić information content (AvgIpc) is 2.67. The Hall–Kier alpha value is -0.795. The van der Waals surface area contributed by atoms with Crippen molar-refractivity contribution in [2.45, 2.75) is 103 Å². The highest BCUT2D eigenvalue weighted by atomic mass is 15.4. The molecular formula is C27H54BN2+. The fourth-order valence-corrected chi connectivity index (χ4v) is 5.55. The van der Waals surface area contributed by atoms with Crippen LogP contribution in [0.4, 0.5) is 0 Å². The number of hydrogen-bond donors (Lipinski definition) is 0. The fourth-order valence-electron chi connectivity index (χ4n) is 5.55. The topological polar surface area (TPSA) is 0 Å². The fraction of sp³-hybridized carbons (Fsp3) is 0.778. The van der Waals surface area contributed by atoms with Gasteiger partial charge in [-0.15, -0.1) is 0 Å². The Labute approximate surface area is 190 Å². The molecule has 0 atom stereocenters. The molecule has 3 heteroatoms. The maximum Gasteiger partial charge on any atom is 0.386 e. The Morgan fingerprint density at radius 3 is 1.47 bits per heavy atom. The first-order valence-corrected chi connectivity index (χ1v) is 13.3. The van der Waals surface area contributed by atoms with E-state index in [2.05, 4.69) is 65.4 Å². The van der Waals surface area contributed by atoms with Gasteiger partial charge in [-0.1, -0.05) is 114 Å². The number of nitrogens with zero attached hydrogens (tertiary/aromatic N) is 2. The number of rotatable bonds is 19. The molecule has 0 aromatic heterocycles. The molecule has 0 radical (unpaired) electrons. The summed E-state index contributed by atoms with van der Waals surface area (Å²) in [6.07, 6.45) is 20.3. The summed E-state index contributed by atoms with van der Waals surface area (Å²) >= 11 is 0. The highest BCUT2D eigenvalue weighted by molar-refractivity contribution is 6.16. The molecule has 0 fully saturated rings. The standard InChI is InChI=1S/C27H54BN2/c1-6-7-8-9-10-11-12-13-14-15-16-17-18-22-25-29(2,3)28-30(4,5)26-27-23-20-19-21-24-27/h19-21,23-24H,6-18,22,25-26,28H2,1-5H3/q+1. The van der Waals surface area contributed by atoms with E-state index < -0.39 is 0 Å². The van der Waals surface area contributed by atoms with Gasteiger partial charge in [-0.3, -0.25) is 0 Å². The normalized spacial score (nSPS) is 12.4. The third-order valence-electron chi connectivity index (χ3n) is 6.77. The summed E-state index contributed by atoms with van der Waals surface area (Å²) in [7, 11) is 9.67. The molecule has 0 bridgehead atoms. The first-order chi connectivity index (χ1) is 14.3. The van der Waals surface area contributed by atoms with E-state index in [9.17, 15) is 0 Å². The van der Waals surface area contributed by atoms with Crippen molar-refractivity contribution in [1.29, 1.82) is 0 Å². The van der Waals surface area contributed by atoms with Crippen molar-refractivity contribution in [3.05, 3.63) is 35.9 Å². The highest BCUT2D eigenvalue weighted by Gasteiger charge is 2.22. The molecule has 0 saturated carbocycles. The van der Waals surface area contributed by atoms with Gasteiger partial charge < -0.3 is 8.79 Å². The van der Waals surface area contributed by atoms with Gasteiger partial charge in [-0.05, 0) is 12.8 Å². The van der Waals surface area contributed by atoms with Gasteiger partial charge in [0.15, 0.2) is 0 Å². The molecule has 0 spiro atoms. The van der Waals surface area contributed by atoms with Crippen LogP contribution in [-0.2, 0) is 6.54 Å².